The summed E-state index contributed by atoms with van der Waals surface area (Å²) in [6, 6.07) is 7.87. The van der Waals surface area contributed by atoms with Gasteiger partial charge in [-0.1, -0.05) is 12.1 Å². The van der Waals surface area contributed by atoms with Crippen LogP contribution in [0.15, 0.2) is 30.0 Å². The fourth-order valence-corrected chi connectivity index (χ4v) is 2.85. The predicted octanol–water partition coefficient (Wildman–Crippen LogP) is 2.26. The van der Waals surface area contributed by atoms with E-state index >= 15 is 0 Å². The van der Waals surface area contributed by atoms with Crippen molar-refractivity contribution >= 4 is 22.4 Å². The second-order valence-corrected chi connectivity index (χ2v) is 5.25. The van der Waals surface area contributed by atoms with Gasteiger partial charge >= 0.3 is 0 Å². The Labute approximate surface area is 129 Å². The number of aliphatic hydroxyl groups excluding tert-OH is 1. The molecule has 0 unspecified atom stereocenters. The Morgan fingerprint density at radius 1 is 1.36 bits per heavy atom. The van der Waals surface area contributed by atoms with E-state index in [1.54, 1.807) is 12.0 Å². The van der Waals surface area contributed by atoms with Crippen molar-refractivity contribution in [3.8, 4) is 0 Å². The highest BCUT2D eigenvalue weighted by atomic mass is 16.5. The lowest BCUT2D eigenvalue weighted by Crippen LogP contribution is -2.30. The van der Waals surface area contributed by atoms with E-state index < -0.39 is 0 Å². The van der Waals surface area contributed by atoms with Gasteiger partial charge in [0.05, 0.1) is 29.8 Å². The second-order valence-electron chi connectivity index (χ2n) is 5.25. The number of imidazole rings is 1. The number of aryl methyl sites for hydroxylation is 1. The molecule has 2 aromatic rings. The molecule has 0 bridgehead atoms. The topological polar surface area (TPSA) is 74.4 Å². The summed E-state index contributed by atoms with van der Waals surface area (Å²) in [4.78, 5) is 6.43. The summed E-state index contributed by atoms with van der Waals surface area (Å²) in [6.45, 7) is 4.21. The lowest BCUT2D eigenvalue weighted by atomic mass is 10.2. The number of methoxy groups -OCH3 is 1. The van der Waals surface area contributed by atoms with Crippen LogP contribution >= 0.6 is 0 Å². The van der Waals surface area contributed by atoms with E-state index in [-0.39, 0.29) is 5.76 Å². The van der Waals surface area contributed by atoms with Crippen LogP contribution in [0.25, 0.3) is 16.6 Å². The fraction of sp³-hybridized carbons (Fsp3) is 0.375. The van der Waals surface area contributed by atoms with E-state index in [1.807, 2.05) is 35.8 Å². The molecule has 0 fully saturated rings. The Morgan fingerprint density at radius 2 is 2.14 bits per heavy atom. The Balaban J connectivity index is 2.04. The molecule has 22 heavy (non-hydrogen) atoms. The number of nitrogens with one attached hydrogen (secondary N) is 1. The number of hydrogen-bond donors (Lipinski definition) is 2. The van der Waals surface area contributed by atoms with E-state index in [2.05, 4.69) is 4.98 Å². The summed E-state index contributed by atoms with van der Waals surface area (Å²) >= 11 is 0. The number of fused-ring (bicyclic) bond motifs is 1. The van der Waals surface area contributed by atoms with Gasteiger partial charge in [-0.25, -0.2) is 4.98 Å². The molecule has 2 heterocycles. The molecule has 1 aliphatic rings. The zero-order valence-electron chi connectivity index (χ0n) is 12.8. The summed E-state index contributed by atoms with van der Waals surface area (Å²) in [6.07, 6.45) is 0. The molecule has 0 saturated heterocycles. The molecule has 3 rings (SSSR count). The first kappa shape index (κ1) is 14.6. The minimum atomic E-state index is 0.200. The van der Waals surface area contributed by atoms with Gasteiger partial charge in [0.2, 0.25) is 0 Å². The molecule has 0 amide bonds. The highest BCUT2D eigenvalue weighted by Crippen LogP contribution is 2.29. The third kappa shape index (κ3) is 2.25. The summed E-state index contributed by atoms with van der Waals surface area (Å²) in [5, 5.41) is 18.7. The molecular formula is C16H20N4O2. The molecule has 6 heteroatoms. The monoisotopic (exact) mass is 300 g/mol. The molecule has 1 aliphatic heterocycles. The maximum atomic E-state index is 10.3. The number of hydrogen-bond acceptors (Lipinski definition) is 4. The molecule has 0 spiro atoms. The Kier molecular flexibility index (Phi) is 3.85. The van der Waals surface area contributed by atoms with Crippen LogP contribution in [0.4, 0.5) is 0 Å². The largest absolute Gasteiger partial charge is 0.510 e. The molecular weight excluding hydrogens is 280 g/mol. The van der Waals surface area contributed by atoms with Gasteiger partial charge in [0.15, 0.2) is 0 Å². The van der Waals surface area contributed by atoms with Crippen molar-refractivity contribution in [2.24, 2.45) is 0 Å². The number of benzene rings is 1. The summed E-state index contributed by atoms with van der Waals surface area (Å²) in [5.74, 6) is 1.16. The molecule has 1 aromatic heterocycles. The summed E-state index contributed by atoms with van der Waals surface area (Å²) in [7, 11) is 1.63. The zero-order chi connectivity index (χ0) is 15.7. The van der Waals surface area contributed by atoms with Crippen molar-refractivity contribution < 1.29 is 9.84 Å². The molecule has 0 saturated carbocycles. The van der Waals surface area contributed by atoms with Gasteiger partial charge in [0.1, 0.15) is 17.4 Å². The van der Waals surface area contributed by atoms with E-state index in [9.17, 15) is 5.11 Å². The van der Waals surface area contributed by atoms with Crippen LogP contribution in [0.1, 0.15) is 12.7 Å². The number of nitrogens with zero attached hydrogens (tertiary/aromatic N) is 3. The van der Waals surface area contributed by atoms with Crippen LogP contribution in [0, 0.1) is 5.41 Å². The molecule has 0 radical (unpaired) electrons. The highest BCUT2D eigenvalue weighted by molar-refractivity contribution is 6.23. The smallest absolute Gasteiger partial charge is 0.148 e. The lowest BCUT2D eigenvalue weighted by molar-refractivity contribution is 0.177. The van der Waals surface area contributed by atoms with Crippen LogP contribution < -0.4 is 0 Å². The van der Waals surface area contributed by atoms with Gasteiger partial charge in [0.25, 0.3) is 0 Å². The lowest BCUT2D eigenvalue weighted by Gasteiger charge is -2.18. The van der Waals surface area contributed by atoms with Crippen LogP contribution in [0.5, 0.6) is 0 Å². The van der Waals surface area contributed by atoms with Gasteiger partial charge in [-0.15, -0.1) is 0 Å². The minimum Gasteiger partial charge on any atom is -0.510 e. The standard InChI is InChI=1S/C16H20N4O2/c1-3-20-12-7-5-4-6-11(12)18-16(20)14-13(21)10-19(15(14)17)8-9-22-2/h4-7,17,21H,3,8-10H2,1-2H3. The second kappa shape index (κ2) is 5.81. The van der Waals surface area contributed by atoms with Crippen molar-refractivity contribution in [1.82, 2.24) is 14.5 Å². The van der Waals surface area contributed by atoms with E-state index in [4.69, 9.17) is 10.1 Å². The maximum Gasteiger partial charge on any atom is 0.148 e. The Hall–Kier alpha value is -2.34. The van der Waals surface area contributed by atoms with Gasteiger partial charge in [0, 0.05) is 20.2 Å². The molecule has 6 nitrogen and oxygen atoms in total. The first-order chi connectivity index (χ1) is 10.7. The van der Waals surface area contributed by atoms with E-state index in [0.29, 0.717) is 36.9 Å². The third-order valence-electron chi connectivity index (χ3n) is 3.94. The zero-order valence-corrected chi connectivity index (χ0v) is 12.8. The molecule has 0 aliphatic carbocycles. The van der Waals surface area contributed by atoms with Crippen LogP contribution in [0.2, 0.25) is 0 Å². The average Bonchev–Trinajstić information content (AvgIpc) is 3.01. The molecule has 0 atom stereocenters. The van der Waals surface area contributed by atoms with Gasteiger partial charge in [-0.2, -0.15) is 0 Å². The molecule has 1 aromatic carbocycles. The van der Waals surface area contributed by atoms with E-state index in [0.717, 1.165) is 17.6 Å². The number of rotatable bonds is 5. The third-order valence-corrected chi connectivity index (χ3v) is 3.94. The fourth-order valence-electron chi connectivity index (χ4n) is 2.85. The predicted molar refractivity (Wildman–Crippen MR) is 86.1 cm³/mol. The number of amidine groups is 1. The summed E-state index contributed by atoms with van der Waals surface area (Å²) < 4.78 is 7.10. The van der Waals surface area contributed by atoms with Crippen molar-refractivity contribution in [3.63, 3.8) is 0 Å². The molecule has 2 N–H and O–H groups in total. The van der Waals surface area contributed by atoms with Crippen molar-refractivity contribution in [3.05, 3.63) is 35.8 Å². The number of aliphatic hydroxyl groups is 1. The first-order valence-electron chi connectivity index (χ1n) is 7.38. The van der Waals surface area contributed by atoms with Crippen molar-refractivity contribution in [1.29, 1.82) is 5.41 Å². The number of para-hydroxylation sites is 2. The first-order valence-corrected chi connectivity index (χ1v) is 7.38. The quantitative estimate of drug-likeness (QED) is 0.888. The van der Waals surface area contributed by atoms with Crippen molar-refractivity contribution in [2.75, 3.05) is 26.8 Å². The Bertz CT molecular complexity index is 748. The van der Waals surface area contributed by atoms with Crippen LogP contribution in [-0.4, -0.2) is 52.2 Å². The SMILES string of the molecule is CCn1c(C2=C(O)CN(CCOC)C2=N)nc2ccccc21. The van der Waals surface area contributed by atoms with Crippen molar-refractivity contribution in [2.45, 2.75) is 13.5 Å². The average molecular weight is 300 g/mol. The number of ether oxygens (including phenoxy) is 1. The minimum absolute atomic E-state index is 0.200. The maximum absolute atomic E-state index is 10.3. The van der Waals surface area contributed by atoms with Crippen LogP contribution in [-0.2, 0) is 11.3 Å². The summed E-state index contributed by atoms with van der Waals surface area (Å²) in [5.41, 5.74) is 2.42. The number of aromatic nitrogens is 2. The Morgan fingerprint density at radius 3 is 2.86 bits per heavy atom. The van der Waals surface area contributed by atoms with Crippen LogP contribution in [0.3, 0.4) is 0 Å². The molecule has 116 valence electrons. The van der Waals surface area contributed by atoms with E-state index in [1.165, 1.54) is 0 Å². The van der Waals surface area contributed by atoms with Gasteiger partial charge in [-0.3, -0.25) is 5.41 Å². The normalized spacial score (nSPS) is 15.4. The van der Waals surface area contributed by atoms with Gasteiger partial charge in [-0.05, 0) is 19.1 Å². The highest BCUT2D eigenvalue weighted by Gasteiger charge is 2.31. The van der Waals surface area contributed by atoms with Gasteiger partial charge < -0.3 is 19.3 Å².